The second kappa shape index (κ2) is 5.27. The Balaban J connectivity index is 1.56. The van der Waals surface area contributed by atoms with Gasteiger partial charge in [-0.3, -0.25) is 0 Å². The Morgan fingerprint density at radius 3 is 2.62 bits per heavy atom. The number of rotatable bonds is 3. The highest BCUT2D eigenvalue weighted by Gasteiger charge is 2.40. The van der Waals surface area contributed by atoms with Crippen molar-refractivity contribution >= 4 is 17.7 Å². The van der Waals surface area contributed by atoms with Crippen LogP contribution in [0, 0.1) is 0 Å². The molecule has 0 amide bonds. The molecule has 2 N–H and O–H groups in total. The standard InChI is InChI=1S/C16H19N7O/c17-15-18-6-10(7-19-15)13-5-14(21-16(20-13)22-2-1-3-22)23-8-12-4-11(23)9-24-12/h5-7,11-12H,1-4,8-9H2,(H2,17,18,19)/t11-,12-/m1/s1. The highest BCUT2D eigenvalue weighted by Crippen LogP contribution is 2.34. The summed E-state index contributed by atoms with van der Waals surface area (Å²) >= 11 is 0. The Bertz CT molecular complexity index is 762. The third kappa shape index (κ3) is 2.25. The zero-order chi connectivity index (χ0) is 16.1. The molecule has 0 unspecified atom stereocenters. The second-order valence-corrected chi connectivity index (χ2v) is 6.58. The summed E-state index contributed by atoms with van der Waals surface area (Å²) in [6, 6.07) is 2.45. The maximum atomic E-state index is 5.71. The molecule has 2 atom stereocenters. The number of nitrogens with two attached hydrogens (primary N) is 1. The van der Waals surface area contributed by atoms with Gasteiger partial charge in [-0.2, -0.15) is 4.98 Å². The predicted molar refractivity (Wildman–Crippen MR) is 89.8 cm³/mol. The molecule has 124 valence electrons. The van der Waals surface area contributed by atoms with Crippen LogP contribution in [-0.2, 0) is 4.74 Å². The van der Waals surface area contributed by atoms with Crippen LogP contribution in [-0.4, -0.2) is 58.3 Å². The van der Waals surface area contributed by atoms with Gasteiger partial charge in [-0.1, -0.05) is 0 Å². The van der Waals surface area contributed by atoms with E-state index in [0.29, 0.717) is 12.1 Å². The molecule has 2 aromatic heterocycles. The molecule has 8 heteroatoms. The average molecular weight is 325 g/mol. The van der Waals surface area contributed by atoms with Gasteiger partial charge in [0.05, 0.1) is 24.4 Å². The molecule has 0 saturated carbocycles. The van der Waals surface area contributed by atoms with Gasteiger partial charge in [0, 0.05) is 43.7 Å². The van der Waals surface area contributed by atoms with E-state index in [-0.39, 0.29) is 5.95 Å². The molecule has 24 heavy (non-hydrogen) atoms. The normalized spacial score (nSPS) is 25.2. The lowest BCUT2D eigenvalue weighted by atomic mass is 10.2. The average Bonchev–Trinajstić information content (AvgIpc) is 3.17. The van der Waals surface area contributed by atoms with E-state index in [0.717, 1.165) is 55.7 Å². The summed E-state index contributed by atoms with van der Waals surface area (Å²) in [5, 5.41) is 0. The van der Waals surface area contributed by atoms with Gasteiger partial charge in [0.15, 0.2) is 0 Å². The molecule has 5 heterocycles. The molecule has 0 aliphatic carbocycles. The van der Waals surface area contributed by atoms with Crippen LogP contribution in [0.2, 0.25) is 0 Å². The van der Waals surface area contributed by atoms with Crippen molar-refractivity contribution in [1.29, 1.82) is 0 Å². The van der Waals surface area contributed by atoms with Gasteiger partial charge in [-0.25, -0.2) is 15.0 Å². The lowest BCUT2D eigenvalue weighted by Gasteiger charge is -2.33. The second-order valence-electron chi connectivity index (χ2n) is 6.58. The first kappa shape index (κ1) is 13.9. The molecule has 0 radical (unpaired) electrons. The number of hydrogen-bond donors (Lipinski definition) is 1. The van der Waals surface area contributed by atoms with Gasteiger partial charge in [0.2, 0.25) is 11.9 Å². The molecular weight excluding hydrogens is 306 g/mol. The fraction of sp³-hybridized carbons (Fsp3) is 0.500. The first-order chi connectivity index (χ1) is 11.8. The maximum Gasteiger partial charge on any atom is 0.227 e. The summed E-state index contributed by atoms with van der Waals surface area (Å²) in [7, 11) is 0. The van der Waals surface area contributed by atoms with Gasteiger partial charge in [0.1, 0.15) is 5.82 Å². The zero-order valence-corrected chi connectivity index (χ0v) is 13.3. The van der Waals surface area contributed by atoms with E-state index in [1.165, 1.54) is 6.42 Å². The van der Waals surface area contributed by atoms with Crippen molar-refractivity contribution in [3.8, 4) is 11.3 Å². The fourth-order valence-electron chi connectivity index (χ4n) is 3.53. The maximum absolute atomic E-state index is 5.71. The Morgan fingerprint density at radius 1 is 1.17 bits per heavy atom. The number of nitrogen functional groups attached to an aromatic ring is 1. The number of hydrogen-bond acceptors (Lipinski definition) is 8. The summed E-state index contributed by atoms with van der Waals surface area (Å²) in [5.41, 5.74) is 7.29. The van der Waals surface area contributed by atoms with Gasteiger partial charge < -0.3 is 20.3 Å². The van der Waals surface area contributed by atoms with Gasteiger partial charge in [-0.15, -0.1) is 0 Å². The van der Waals surface area contributed by atoms with E-state index >= 15 is 0 Å². The van der Waals surface area contributed by atoms with Crippen LogP contribution in [0.5, 0.6) is 0 Å². The molecule has 3 fully saturated rings. The van der Waals surface area contributed by atoms with Crippen molar-refractivity contribution in [3.63, 3.8) is 0 Å². The first-order valence-electron chi connectivity index (χ1n) is 8.36. The van der Waals surface area contributed by atoms with Gasteiger partial charge >= 0.3 is 0 Å². The van der Waals surface area contributed by atoms with Crippen molar-refractivity contribution in [3.05, 3.63) is 18.5 Å². The third-order valence-corrected chi connectivity index (χ3v) is 5.00. The van der Waals surface area contributed by atoms with Crippen LogP contribution < -0.4 is 15.5 Å². The van der Waals surface area contributed by atoms with E-state index in [2.05, 4.69) is 19.8 Å². The molecule has 3 aliphatic heterocycles. The summed E-state index contributed by atoms with van der Waals surface area (Å²) in [6.07, 6.45) is 6.04. The monoisotopic (exact) mass is 325 g/mol. The molecule has 0 spiro atoms. The Kier molecular flexibility index (Phi) is 3.05. The van der Waals surface area contributed by atoms with Crippen molar-refractivity contribution in [1.82, 2.24) is 19.9 Å². The highest BCUT2D eigenvalue weighted by molar-refractivity contribution is 5.65. The summed E-state index contributed by atoms with van der Waals surface area (Å²) < 4.78 is 5.71. The molecule has 2 bridgehead atoms. The van der Waals surface area contributed by atoms with Crippen molar-refractivity contribution in [2.45, 2.75) is 25.0 Å². The number of fused-ring (bicyclic) bond motifs is 2. The Labute approximate surface area is 139 Å². The number of nitrogens with zero attached hydrogens (tertiary/aromatic N) is 6. The van der Waals surface area contributed by atoms with Gasteiger partial charge in [0.25, 0.3) is 0 Å². The lowest BCUT2D eigenvalue weighted by molar-refractivity contribution is 0.0989. The SMILES string of the molecule is Nc1ncc(-c2cc(N3C[C@H]4C[C@@H]3CO4)nc(N3CCC3)n2)cn1. The highest BCUT2D eigenvalue weighted by atomic mass is 16.5. The summed E-state index contributed by atoms with van der Waals surface area (Å²) in [6.45, 7) is 3.71. The molecule has 0 aromatic carbocycles. The summed E-state index contributed by atoms with van der Waals surface area (Å²) in [5.74, 6) is 2.02. The zero-order valence-electron chi connectivity index (χ0n) is 13.3. The minimum Gasteiger partial charge on any atom is -0.374 e. The van der Waals surface area contributed by atoms with E-state index in [9.17, 15) is 0 Å². The van der Waals surface area contributed by atoms with Gasteiger partial charge in [-0.05, 0) is 12.8 Å². The molecule has 2 aromatic rings. The number of morpholine rings is 1. The number of anilines is 3. The van der Waals surface area contributed by atoms with Crippen LogP contribution in [0.4, 0.5) is 17.7 Å². The number of ether oxygens (including phenoxy) is 1. The Hall–Kier alpha value is -2.48. The fourth-order valence-corrected chi connectivity index (χ4v) is 3.53. The quantitative estimate of drug-likeness (QED) is 0.881. The van der Waals surface area contributed by atoms with E-state index in [4.69, 9.17) is 20.4 Å². The lowest BCUT2D eigenvalue weighted by Crippen LogP contribution is -2.40. The topological polar surface area (TPSA) is 93.3 Å². The van der Waals surface area contributed by atoms with Crippen LogP contribution in [0.15, 0.2) is 18.5 Å². The largest absolute Gasteiger partial charge is 0.374 e. The molecule has 8 nitrogen and oxygen atoms in total. The van der Waals surface area contributed by atoms with E-state index in [1.54, 1.807) is 12.4 Å². The predicted octanol–water partition coefficient (Wildman–Crippen LogP) is 0.703. The third-order valence-electron chi connectivity index (χ3n) is 5.00. The first-order valence-corrected chi connectivity index (χ1v) is 8.36. The van der Waals surface area contributed by atoms with Crippen LogP contribution in [0.1, 0.15) is 12.8 Å². The van der Waals surface area contributed by atoms with E-state index < -0.39 is 0 Å². The minimum atomic E-state index is 0.269. The van der Waals surface area contributed by atoms with Crippen molar-refractivity contribution in [2.24, 2.45) is 0 Å². The molecular formula is C16H19N7O. The van der Waals surface area contributed by atoms with Crippen LogP contribution in [0.25, 0.3) is 11.3 Å². The molecule has 5 rings (SSSR count). The van der Waals surface area contributed by atoms with E-state index in [1.807, 2.05) is 6.07 Å². The minimum absolute atomic E-state index is 0.269. The Morgan fingerprint density at radius 2 is 2.00 bits per heavy atom. The molecule has 3 aliphatic rings. The molecule has 3 saturated heterocycles. The number of aromatic nitrogens is 4. The van der Waals surface area contributed by atoms with Crippen molar-refractivity contribution in [2.75, 3.05) is 41.8 Å². The summed E-state index contributed by atoms with van der Waals surface area (Å²) in [4.78, 5) is 22.3. The van der Waals surface area contributed by atoms with Crippen LogP contribution >= 0.6 is 0 Å². The van der Waals surface area contributed by atoms with Crippen molar-refractivity contribution < 1.29 is 4.74 Å². The van der Waals surface area contributed by atoms with Crippen LogP contribution in [0.3, 0.4) is 0 Å². The smallest absolute Gasteiger partial charge is 0.227 e.